The number of rotatable bonds is 5. The third kappa shape index (κ3) is 5.95. The Kier molecular flexibility index (Phi) is 6.04. The van der Waals surface area contributed by atoms with Crippen LogP contribution in [0.4, 0.5) is 0 Å². The van der Waals surface area contributed by atoms with Crippen LogP contribution in [-0.2, 0) is 19.1 Å². The minimum atomic E-state index is -1.62. The highest BCUT2D eigenvalue weighted by Crippen LogP contribution is 1.69. The summed E-state index contributed by atoms with van der Waals surface area (Å²) in [7, 11) is 1.48. The molecule has 0 spiro atoms. The van der Waals surface area contributed by atoms with Gasteiger partial charge in [0.2, 0.25) is 5.91 Å². The molecule has 0 aliphatic rings. The van der Waals surface area contributed by atoms with E-state index < -0.39 is 17.8 Å². The van der Waals surface area contributed by atoms with Gasteiger partial charge in [0, 0.05) is 13.7 Å². The van der Waals surface area contributed by atoms with Crippen molar-refractivity contribution < 1.29 is 24.2 Å². The lowest BCUT2D eigenvalue weighted by atomic mass is 10.5. The lowest BCUT2D eigenvalue weighted by Crippen LogP contribution is -2.40. The van der Waals surface area contributed by atoms with Crippen LogP contribution in [-0.4, -0.2) is 49.7 Å². The standard InChI is InChI=1S/C7H12N2O5/c1-14-3-2-8-5(10)4-9-6(11)7(12)13/h2-4H2,1H3,(H,8,10)(H,9,11)(H,12,13). The number of carbonyl (C=O) groups is 3. The highest BCUT2D eigenvalue weighted by atomic mass is 16.5. The first kappa shape index (κ1) is 12.4. The molecule has 7 heteroatoms. The van der Waals surface area contributed by atoms with Crippen molar-refractivity contribution in [1.82, 2.24) is 10.6 Å². The molecule has 14 heavy (non-hydrogen) atoms. The summed E-state index contributed by atoms with van der Waals surface area (Å²) < 4.78 is 4.66. The molecule has 7 nitrogen and oxygen atoms in total. The van der Waals surface area contributed by atoms with Crippen molar-refractivity contribution in [3.63, 3.8) is 0 Å². The van der Waals surface area contributed by atoms with Crippen LogP contribution in [0.15, 0.2) is 0 Å². The zero-order valence-electron chi connectivity index (χ0n) is 7.70. The van der Waals surface area contributed by atoms with Gasteiger partial charge in [-0.15, -0.1) is 0 Å². The van der Waals surface area contributed by atoms with E-state index in [0.717, 1.165) is 0 Å². The first-order chi connectivity index (χ1) is 6.57. The summed E-state index contributed by atoms with van der Waals surface area (Å²) in [6.45, 7) is 0.325. The average molecular weight is 204 g/mol. The number of methoxy groups -OCH3 is 1. The van der Waals surface area contributed by atoms with Gasteiger partial charge in [0.1, 0.15) is 0 Å². The molecular weight excluding hydrogens is 192 g/mol. The minimum Gasteiger partial charge on any atom is -0.474 e. The van der Waals surface area contributed by atoms with Crippen molar-refractivity contribution >= 4 is 17.8 Å². The van der Waals surface area contributed by atoms with Gasteiger partial charge in [-0.1, -0.05) is 0 Å². The van der Waals surface area contributed by atoms with E-state index in [0.29, 0.717) is 13.2 Å². The van der Waals surface area contributed by atoms with Crippen molar-refractivity contribution in [2.75, 3.05) is 26.8 Å². The van der Waals surface area contributed by atoms with Gasteiger partial charge in [0.05, 0.1) is 13.2 Å². The number of carboxylic acid groups (broad SMARTS) is 1. The van der Waals surface area contributed by atoms with Gasteiger partial charge in [-0.05, 0) is 0 Å². The van der Waals surface area contributed by atoms with Gasteiger partial charge < -0.3 is 20.5 Å². The molecule has 0 aromatic rings. The van der Waals surface area contributed by atoms with Crippen LogP contribution in [0.2, 0.25) is 0 Å². The number of carboxylic acids is 1. The molecule has 0 bridgehead atoms. The molecule has 0 atom stereocenters. The molecule has 0 aliphatic carbocycles. The monoisotopic (exact) mass is 204 g/mol. The van der Waals surface area contributed by atoms with Crippen LogP contribution in [0.1, 0.15) is 0 Å². The van der Waals surface area contributed by atoms with Crippen LogP contribution in [0.25, 0.3) is 0 Å². The number of carbonyl (C=O) groups excluding carboxylic acids is 2. The predicted molar refractivity (Wildman–Crippen MR) is 45.5 cm³/mol. The Morgan fingerprint density at radius 3 is 2.43 bits per heavy atom. The largest absolute Gasteiger partial charge is 0.474 e. The lowest BCUT2D eigenvalue weighted by Gasteiger charge is -2.04. The maximum absolute atomic E-state index is 10.9. The number of aliphatic carboxylic acids is 1. The highest BCUT2D eigenvalue weighted by molar-refractivity contribution is 6.31. The second kappa shape index (κ2) is 6.84. The zero-order chi connectivity index (χ0) is 11.0. The molecule has 3 N–H and O–H groups in total. The number of hydrogen-bond acceptors (Lipinski definition) is 4. The van der Waals surface area contributed by atoms with Gasteiger partial charge in [-0.2, -0.15) is 0 Å². The topological polar surface area (TPSA) is 105 Å². The Hall–Kier alpha value is -1.63. The molecule has 0 saturated heterocycles. The fourth-order valence-corrected chi connectivity index (χ4v) is 0.591. The predicted octanol–water partition coefficient (Wildman–Crippen LogP) is -2.05. The van der Waals surface area contributed by atoms with Crippen LogP contribution >= 0.6 is 0 Å². The van der Waals surface area contributed by atoms with E-state index in [1.54, 1.807) is 0 Å². The second-order valence-electron chi connectivity index (χ2n) is 2.33. The van der Waals surface area contributed by atoms with Gasteiger partial charge in [0.25, 0.3) is 0 Å². The zero-order valence-corrected chi connectivity index (χ0v) is 7.70. The molecule has 80 valence electrons. The summed E-state index contributed by atoms with van der Waals surface area (Å²) in [5.74, 6) is -3.28. The fraction of sp³-hybridized carbons (Fsp3) is 0.571. The van der Waals surface area contributed by atoms with Crippen LogP contribution in [0.3, 0.4) is 0 Å². The van der Waals surface area contributed by atoms with E-state index in [9.17, 15) is 14.4 Å². The number of amides is 2. The van der Waals surface area contributed by atoms with Crippen molar-refractivity contribution in [1.29, 1.82) is 0 Å². The van der Waals surface area contributed by atoms with Crippen LogP contribution < -0.4 is 10.6 Å². The summed E-state index contributed by atoms with van der Waals surface area (Å²) in [6.07, 6.45) is 0. The quantitative estimate of drug-likeness (QED) is 0.353. The smallest absolute Gasteiger partial charge is 0.394 e. The fourth-order valence-electron chi connectivity index (χ4n) is 0.591. The van der Waals surface area contributed by atoms with Gasteiger partial charge in [-0.25, -0.2) is 4.79 Å². The molecule has 0 saturated carbocycles. The van der Waals surface area contributed by atoms with E-state index in [-0.39, 0.29) is 6.54 Å². The molecule has 2 amide bonds. The van der Waals surface area contributed by atoms with Crippen molar-refractivity contribution in [3.05, 3.63) is 0 Å². The highest BCUT2D eigenvalue weighted by Gasteiger charge is 2.11. The molecule has 0 fully saturated rings. The summed E-state index contributed by atoms with van der Waals surface area (Å²) in [6, 6.07) is 0. The molecule has 0 aliphatic heterocycles. The average Bonchev–Trinajstić information content (AvgIpc) is 2.14. The van der Waals surface area contributed by atoms with Gasteiger partial charge in [-0.3, -0.25) is 9.59 Å². The Morgan fingerprint density at radius 2 is 1.93 bits per heavy atom. The summed E-state index contributed by atoms with van der Waals surface area (Å²) in [5.41, 5.74) is 0. The van der Waals surface area contributed by atoms with E-state index in [1.807, 2.05) is 5.32 Å². The molecule has 0 rings (SSSR count). The Labute approximate surface area is 80.4 Å². The van der Waals surface area contributed by atoms with Crippen LogP contribution in [0.5, 0.6) is 0 Å². The van der Waals surface area contributed by atoms with Gasteiger partial charge in [0.15, 0.2) is 0 Å². The van der Waals surface area contributed by atoms with Crippen molar-refractivity contribution in [2.24, 2.45) is 0 Å². The molecule has 0 aromatic carbocycles. The Bertz CT molecular complexity index is 228. The van der Waals surface area contributed by atoms with Crippen molar-refractivity contribution in [2.45, 2.75) is 0 Å². The molecule has 0 aromatic heterocycles. The molecule has 0 heterocycles. The number of nitrogens with one attached hydrogen (secondary N) is 2. The summed E-state index contributed by atoms with van der Waals surface area (Å²) in [5, 5.41) is 12.5. The second-order valence-corrected chi connectivity index (χ2v) is 2.33. The lowest BCUT2D eigenvalue weighted by molar-refractivity contribution is -0.150. The van der Waals surface area contributed by atoms with Crippen LogP contribution in [0, 0.1) is 0 Å². The Balaban J connectivity index is 3.54. The maximum atomic E-state index is 10.9. The van der Waals surface area contributed by atoms with Gasteiger partial charge >= 0.3 is 11.9 Å². The third-order valence-corrected chi connectivity index (χ3v) is 1.23. The SMILES string of the molecule is COCCNC(=O)CNC(=O)C(=O)O. The van der Waals surface area contributed by atoms with E-state index in [2.05, 4.69) is 10.1 Å². The number of hydrogen-bond donors (Lipinski definition) is 3. The normalized spacial score (nSPS) is 9.21. The summed E-state index contributed by atoms with van der Waals surface area (Å²) in [4.78, 5) is 31.3. The third-order valence-electron chi connectivity index (χ3n) is 1.23. The Morgan fingerprint density at radius 1 is 1.29 bits per heavy atom. The van der Waals surface area contributed by atoms with E-state index >= 15 is 0 Å². The molecule has 0 unspecified atom stereocenters. The van der Waals surface area contributed by atoms with Crippen molar-refractivity contribution in [3.8, 4) is 0 Å². The first-order valence-electron chi connectivity index (χ1n) is 3.84. The van der Waals surface area contributed by atoms with E-state index in [1.165, 1.54) is 7.11 Å². The molecule has 0 radical (unpaired) electrons. The first-order valence-corrected chi connectivity index (χ1v) is 3.84. The van der Waals surface area contributed by atoms with E-state index in [4.69, 9.17) is 5.11 Å². The minimum absolute atomic E-state index is 0.318. The maximum Gasteiger partial charge on any atom is 0.394 e. The molecular formula is C7H12N2O5. The summed E-state index contributed by atoms with van der Waals surface area (Å²) >= 11 is 0. The number of ether oxygens (including phenoxy) is 1.